The molecule has 0 saturated carbocycles. The number of amides is 1. The van der Waals surface area contributed by atoms with Crippen molar-refractivity contribution in [1.29, 1.82) is 0 Å². The lowest BCUT2D eigenvalue weighted by Crippen LogP contribution is -2.38. The van der Waals surface area contributed by atoms with E-state index in [1.807, 2.05) is 13.2 Å². The fourth-order valence-electron chi connectivity index (χ4n) is 3.22. The zero-order chi connectivity index (χ0) is 25.3. The van der Waals surface area contributed by atoms with Crippen LogP contribution in [0.4, 0.5) is 11.4 Å². The van der Waals surface area contributed by atoms with Crippen molar-refractivity contribution >= 4 is 39.1 Å². The normalized spacial score (nSPS) is 10.9. The maximum atomic E-state index is 13.6. The summed E-state index contributed by atoms with van der Waals surface area (Å²) in [6.07, 6.45) is 3.54. The molecule has 1 N–H and O–H groups in total. The Morgan fingerprint density at radius 1 is 1.03 bits per heavy atom. The Balaban J connectivity index is 1.89. The second-order valence-electron chi connectivity index (χ2n) is 7.29. The summed E-state index contributed by atoms with van der Waals surface area (Å²) in [6, 6.07) is 20.0. The zero-order valence-corrected chi connectivity index (χ0v) is 21.3. The van der Waals surface area contributed by atoms with Crippen molar-refractivity contribution in [3.63, 3.8) is 0 Å². The number of ether oxygens (including phenoxy) is 2. The molecule has 0 fully saturated rings. The highest BCUT2D eigenvalue weighted by atomic mass is 32.2. The molecule has 0 radical (unpaired) electrons. The predicted molar refractivity (Wildman–Crippen MR) is 141 cm³/mol. The second-order valence-corrected chi connectivity index (χ2v) is 10.0. The summed E-state index contributed by atoms with van der Waals surface area (Å²) in [7, 11) is -4.03. The van der Waals surface area contributed by atoms with Crippen LogP contribution in [0, 0.1) is 0 Å². The Hall–Kier alpha value is -3.43. The van der Waals surface area contributed by atoms with Gasteiger partial charge in [-0.05, 0) is 73.8 Å². The van der Waals surface area contributed by atoms with E-state index in [9.17, 15) is 13.2 Å². The third-order valence-corrected chi connectivity index (χ3v) is 7.39. The lowest BCUT2D eigenvalue weighted by Gasteiger charge is -2.24. The van der Waals surface area contributed by atoms with Crippen LogP contribution in [0.2, 0.25) is 0 Å². The van der Waals surface area contributed by atoms with Crippen LogP contribution >= 0.6 is 11.8 Å². The topological polar surface area (TPSA) is 84.9 Å². The van der Waals surface area contributed by atoms with Crippen LogP contribution in [0.5, 0.6) is 11.5 Å². The third-order valence-electron chi connectivity index (χ3n) is 4.86. The number of sulfonamides is 1. The first-order valence-electron chi connectivity index (χ1n) is 10.9. The van der Waals surface area contributed by atoms with Crippen molar-refractivity contribution in [2.45, 2.75) is 16.7 Å². The smallest absolute Gasteiger partial charge is 0.264 e. The average Bonchev–Trinajstić information content (AvgIpc) is 2.87. The number of hydrogen-bond donors (Lipinski definition) is 1. The number of carbonyl (C=O) groups excluding carboxylic acids is 1. The number of nitrogens with zero attached hydrogens (tertiary/aromatic N) is 1. The lowest BCUT2D eigenvalue weighted by molar-refractivity contribution is -0.114. The Morgan fingerprint density at radius 3 is 2.37 bits per heavy atom. The number of nitrogens with one attached hydrogen (secondary N) is 1. The molecule has 0 bridgehead atoms. The van der Waals surface area contributed by atoms with Gasteiger partial charge in [-0.2, -0.15) is 0 Å². The molecule has 0 aliphatic rings. The van der Waals surface area contributed by atoms with Crippen molar-refractivity contribution in [1.82, 2.24) is 0 Å². The monoisotopic (exact) mass is 512 g/mol. The summed E-state index contributed by atoms with van der Waals surface area (Å²) in [5.41, 5.74) is 0.838. The molecular formula is C26H28N2O5S2. The maximum absolute atomic E-state index is 13.6. The SMILES string of the molecule is C=CCOc1cccc(NC(=O)CN(c2ccc(OCC)cc2)S(=O)(=O)c2ccc(SC)cc2)c1. The summed E-state index contributed by atoms with van der Waals surface area (Å²) in [5.74, 6) is 0.676. The average molecular weight is 513 g/mol. The van der Waals surface area contributed by atoms with Crippen LogP contribution in [0.3, 0.4) is 0 Å². The molecule has 35 heavy (non-hydrogen) atoms. The van der Waals surface area contributed by atoms with Crippen LogP contribution < -0.4 is 19.1 Å². The highest BCUT2D eigenvalue weighted by Crippen LogP contribution is 2.27. The minimum absolute atomic E-state index is 0.0943. The van der Waals surface area contributed by atoms with E-state index in [4.69, 9.17) is 9.47 Å². The maximum Gasteiger partial charge on any atom is 0.264 e. The van der Waals surface area contributed by atoms with Crippen molar-refractivity contribution in [2.75, 3.05) is 35.6 Å². The lowest BCUT2D eigenvalue weighted by atomic mass is 10.3. The Morgan fingerprint density at radius 2 is 1.74 bits per heavy atom. The van der Waals surface area contributed by atoms with Gasteiger partial charge in [0, 0.05) is 16.6 Å². The number of carbonyl (C=O) groups is 1. The Kier molecular flexibility index (Phi) is 9.22. The van der Waals surface area contributed by atoms with E-state index < -0.39 is 22.5 Å². The van der Waals surface area contributed by atoms with Gasteiger partial charge in [0.25, 0.3) is 10.0 Å². The molecule has 0 aliphatic heterocycles. The van der Waals surface area contributed by atoms with Crippen molar-refractivity contribution in [2.24, 2.45) is 0 Å². The molecule has 0 spiro atoms. The molecule has 1 amide bonds. The molecular weight excluding hydrogens is 484 g/mol. The van der Waals surface area contributed by atoms with Gasteiger partial charge in [0.2, 0.25) is 5.91 Å². The van der Waals surface area contributed by atoms with E-state index in [-0.39, 0.29) is 4.90 Å². The van der Waals surface area contributed by atoms with Gasteiger partial charge in [0.1, 0.15) is 24.7 Å². The zero-order valence-electron chi connectivity index (χ0n) is 19.6. The van der Waals surface area contributed by atoms with Crippen molar-refractivity contribution in [3.05, 3.63) is 85.5 Å². The summed E-state index contributed by atoms with van der Waals surface area (Å²) < 4.78 is 39.2. The van der Waals surface area contributed by atoms with Gasteiger partial charge in [-0.25, -0.2) is 8.42 Å². The van der Waals surface area contributed by atoms with E-state index >= 15 is 0 Å². The molecule has 3 aromatic rings. The van der Waals surface area contributed by atoms with Crippen LogP contribution in [-0.2, 0) is 14.8 Å². The fraction of sp³-hybridized carbons (Fsp3) is 0.192. The molecule has 0 heterocycles. The molecule has 0 aliphatic carbocycles. The van der Waals surface area contributed by atoms with Crippen LogP contribution in [0.15, 0.2) is 95.2 Å². The summed E-state index contributed by atoms with van der Waals surface area (Å²) in [5, 5.41) is 2.75. The molecule has 0 unspecified atom stereocenters. The molecule has 3 rings (SSSR count). The van der Waals surface area contributed by atoms with Gasteiger partial charge in [0.15, 0.2) is 0 Å². The molecule has 184 valence electrons. The highest BCUT2D eigenvalue weighted by Gasteiger charge is 2.27. The number of benzene rings is 3. The van der Waals surface area contributed by atoms with Gasteiger partial charge >= 0.3 is 0 Å². The van der Waals surface area contributed by atoms with E-state index in [2.05, 4.69) is 11.9 Å². The van der Waals surface area contributed by atoms with E-state index in [1.165, 1.54) is 11.8 Å². The van der Waals surface area contributed by atoms with Crippen LogP contribution in [0.25, 0.3) is 0 Å². The van der Waals surface area contributed by atoms with Crippen molar-refractivity contribution < 1.29 is 22.7 Å². The summed E-state index contributed by atoms with van der Waals surface area (Å²) in [6.45, 7) is 5.88. The van der Waals surface area contributed by atoms with E-state index in [0.29, 0.717) is 36.1 Å². The molecule has 0 saturated heterocycles. The molecule has 0 aromatic heterocycles. The van der Waals surface area contributed by atoms with E-state index in [1.54, 1.807) is 78.9 Å². The predicted octanol–water partition coefficient (Wildman–Crippen LogP) is 5.21. The minimum atomic E-state index is -4.03. The molecule has 3 aromatic carbocycles. The Bertz CT molecular complexity index is 1240. The van der Waals surface area contributed by atoms with Gasteiger partial charge in [-0.3, -0.25) is 9.10 Å². The van der Waals surface area contributed by atoms with Crippen LogP contribution in [0.1, 0.15) is 6.92 Å². The number of hydrogen-bond acceptors (Lipinski definition) is 6. The first-order valence-corrected chi connectivity index (χ1v) is 13.6. The summed E-state index contributed by atoms with van der Waals surface area (Å²) >= 11 is 1.51. The number of anilines is 2. The van der Waals surface area contributed by atoms with Crippen LogP contribution in [-0.4, -0.2) is 40.3 Å². The highest BCUT2D eigenvalue weighted by molar-refractivity contribution is 7.98. The first kappa shape index (κ1) is 26.2. The number of rotatable bonds is 12. The fourth-order valence-corrected chi connectivity index (χ4v) is 5.04. The third kappa shape index (κ3) is 7.03. The Labute approximate surface area is 210 Å². The van der Waals surface area contributed by atoms with Crippen molar-refractivity contribution in [3.8, 4) is 11.5 Å². The van der Waals surface area contributed by atoms with Gasteiger partial charge < -0.3 is 14.8 Å². The van der Waals surface area contributed by atoms with E-state index in [0.717, 1.165) is 9.20 Å². The standard InChI is InChI=1S/C26H28N2O5S2/c1-4-17-33-23-8-6-7-20(18-23)27-26(29)19-28(21-9-11-22(12-10-21)32-5-2)35(30,31)25-15-13-24(34-3)14-16-25/h4,6-16,18H,1,5,17,19H2,2-3H3,(H,27,29). The van der Waals surface area contributed by atoms with Gasteiger partial charge in [-0.1, -0.05) is 18.7 Å². The molecule has 7 nitrogen and oxygen atoms in total. The second kappa shape index (κ2) is 12.3. The summed E-state index contributed by atoms with van der Waals surface area (Å²) in [4.78, 5) is 14.0. The first-order chi connectivity index (χ1) is 16.9. The quantitative estimate of drug-likeness (QED) is 0.265. The molecule has 9 heteroatoms. The van der Waals surface area contributed by atoms with Gasteiger partial charge in [0.05, 0.1) is 17.2 Å². The molecule has 0 atom stereocenters. The van der Waals surface area contributed by atoms with Gasteiger partial charge in [-0.15, -0.1) is 11.8 Å². The minimum Gasteiger partial charge on any atom is -0.494 e. The number of thioether (sulfide) groups is 1. The largest absolute Gasteiger partial charge is 0.494 e.